The van der Waals surface area contributed by atoms with Crippen molar-refractivity contribution < 1.29 is 9.18 Å². The number of amides is 1. The van der Waals surface area contributed by atoms with Gasteiger partial charge in [-0.2, -0.15) is 15.4 Å². The van der Waals surface area contributed by atoms with E-state index >= 15 is 0 Å². The maximum absolute atomic E-state index is 13.0. The molecule has 0 aliphatic rings. The van der Waals surface area contributed by atoms with Gasteiger partial charge in [0.15, 0.2) is 0 Å². The van der Waals surface area contributed by atoms with Gasteiger partial charge in [-0.1, -0.05) is 18.1 Å². The summed E-state index contributed by atoms with van der Waals surface area (Å²) in [5, 5.41) is 10.4. The van der Waals surface area contributed by atoms with Gasteiger partial charge < -0.3 is 4.90 Å². The molecule has 0 fully saturated rings. The van der Waals surface area contributed by atoms with E-state index in [9.17, 15) is 9.18 Å². The first-order valence-electron chi connectivity index (χ1n) is 6.95. The second-order valence-electron chi connectivity index (χ2n) is 5.02. The molecule has 5 nitrogen and oxygen atoms in total. The summed E-state index contributed by atoms with van der Waals surface area (Å²) < 4.78 is 13.0. The predicted octanol–water partition coefficient (Wildman–Crippen LogP) is 2.37. The number of carbonyl (C=O) groups is 1. The third-order valence-corrected chi connectivity index (χ3v) is 3.42. The van der Waals surface area contributed by atoms with Crippen LogP contribution in [-0.2, 0) is 6.54 Å². The van der Waals surface area contributed by atoms with Gasteiger partial charge in [-0.05, 0) is 35.9 Å². The van der Waals surface area contributed by atoms with Gasteiger partial charge in [0, 0.05) is 12.1 Å². The Kier molecular flexibility index (Phi) is 4.02. The number of aromatic nitrogens is 3. The molecule has 3 rings (SSSR count). The fourth-order valence-electron chi connectivity index (χ4n) is 2.28. The number of terminal acetylenes is 1. The Labute approximate surface area is 132 Å². The van der Waals surface area contributed by atoms with E-state index in [1.165, 1.54) is 17.0 Å². The van der Waals surface area contributed by atoms with Crippen LogP contribution in [0, 0.1) is 18.2 Å². The van der Waals surface area contributed by atoms with Crippen molar-refractivity contribution in [3.63, 3.8) is 0 Å². The maximum Gasteiger partial charge on any atom is 0.255 e. The van der Waals surface area contributed by atoms with Crippen LogP contribution in [0.15, 0.2) is 42.5 Å². The molecule has 1 aromatic heterocycles. The molecule has 0 aliphatic heterocycles. The van der Waals surface area contributed by atoms with Crippen molar-refractivity contribution in [1.82, 2.24) is 20.3 Å². The number of rotatable bonds is 4. The maximum atomic E-state index is 13.0. The summed E-state index contributed by atoms with van der Waals surface area (Å²) in [6.45, 7) is 0.466. The van der Waals surface area contributed by atoms with Crippen LogP contribution in [0.25, 0.3) is 11.0 Å². The van der Waals surface area contributed by atoms with Crippen LogP contribution in [0.2, 0.25) is 0 Å². The molecule has 114 valence electrons. The number of carbonyl (C=O) groups excluding carboxylic acids is 1. The topological polar surface area (TPSA) is 61.9 Å². The van der Waals surface area contributed by atoms with Crippen LogP contribution in [0.1, 0.15) is 15.9 Å². The van der Waals surface area contributed by atoms with E-state index in [4.69, 9.17) is 6.42 Å². The zero-order chi connectivity index (χ0) is 16.2. The van der Waals surface area contributed by atoms with Crippen LogP contribution in [0.4, 0.5) is 4.39 Å². The summed E-state index contributed by atoms with van der Waals surface area (Å²) in [7, 11) is 0. The summed E-state index contributed by atoms with van der Waals surface area (Å²) in [5.41, 5.74) is 2.57. The normalized spacial score (nSPS) is 10.4. The average molecular weight is 308 g/mol. The van der Waals surface area contributed by atoms with Crippen LogP contribution in [-0.4, -0.2) is 32.8 Å². The predicted molar refractivity (Wildman–Crippen MR) is 83.9 cm³/mol. The largest absolute Gasteiger partial charge is 0.323 e. The molecule has 0 unspecified atom stereocenters. The van der Waals surface area contributed by atoms with E-state index in [1.807, 2.05) is 0 Å². The Bertz CT molecular complexity index is 879. The van der Waals surface area contributed by atoms with Gasteiger partial charge in [-0.3, -0.25) is 4.79 Å². The van der Waals surface area contributed by atoms with Crippen molar-refractivity contribution in [2.24, 2.45) is 0 Å². The molecule has 3 aromatic rings. The third-order valence-electron chi connectivity index (χ3n) is 3.42. The molecule has 0 atom stereocenters. The molecule has 0 aliphatic carbocycles. The van der Waals surface area contributed by atoms with Crippen molar-refractivity contribution in [2.75, 3.05) is 6.54 Å². The second kappa shape index (κ2) is 6.28. The zero-order valence-electron chi connectivity index (χ0n) is 12.2. The number of aromatic amines is 1. The summed E-state index contributed by atoms with van der Waals surface area (Å²) in [5.74, 6) is 1.95. The molecule has 2 aromatic carbocycles. The highest BCUT2D eigenvalue weighted by atomic mass is 19.1. The van der Waals surface area contributed by atoms with Gasteiger partial charge in [0.05, 0.1) is 6.54 Å². The minimum Gasteiger partial charge on any atom is -0.323 e. The highest BCUT2D eigenvalue weighted by molar-refractivity contribution is 5.97. The van der Waals surface area contributed by atoms with Crippen LogP contribution < -0.4 is 0 Å². The number of halogens is 1. The van der Waals surface area contributed by atoms with Crippen molar-refractivity contribution >= 4 is 16.9 Å². The van der Waals surface area contributed by atoms with E-state index in [1.54, 1.807) is 30.3 Å². The molecule has 0 radical (unpaired) electrons. The quantitative estimate of drug-likeness (QED) is 0.753. The van der Waals surface area contributed by atoms with Gasteiger partial charge in [0.25, 0.3) is 5.91 Å². The number of H-pyrrole nitrogens is 1. The standard InChI is InChI=1S/C17H13FN4O/c1-2-9-22(11-12-3-6-14(18)7-4-12)17(23)13-5-8-15-16(10-13)20-21-19-15/h1,3-8,10H,9,11H2,(H,19,20,21). The van der Waals surface area contributed by atoms with Crippen molar-refractivity contribution in [1.29, 1.82) is 0 Å². The lowest BCUT2D eigenvalue weighted by Crippen LogP contribution is -2.30. The van der Waals surface area contributed by atoms with E-state index in [0.29, 0.717) is 23.1 Å². The highest BCUT2D eigenvalue weighted by Gasteiger charge is 2.16. The van der Waals surface area contributed by atoms with E-state index in [0.717, 1.165) is 5.56 Å². The van der Waals surface area contributed by atoms with Gasteiger partial charge in [-0.15, -0.1) is 6.42 Å². The van der Waals surface area contributed by atoms with Crippen LogP contribution in [0.5, 0.6) is 0 Å². The van der Waals surface area contributed by atoms with Crippen molar-refractivity contribution in [3.05, 3.63) is 59.4 Å². The first-order valence-corrected chi connectivity index (χ1v) is 6.95. The SMILES string of the molecule is C#CCN(Cc1ccc(F)cc1)C(=O)c1ccc2n[nH]nc2c1. The summed E-state index contributed by atoms with van der Waals surface area (Å²) in [6.07, 6.45) is 5.37. The Morgan fingerprint density at radius 2 is 1.91 bits per heavy atom. The van der Waals surface area contributed by atoms with Crippen LogP contribution in [0.3, 0.4) is 0 Å². The average Bonchev–Trinajstić information content (AvgIpc) is 3.03. The lowest BCUT2D eigenvalue weighted by atomic mass is 10.1. The first kappa shape index (κ1) is 14.7. The molecule has 0 spiro atoms. The van der Waals surface area contributed by atoms with E-state index < -0.39 is 0 Å². The summed E-state index contributed by atoms with van der Waals surface area (Å²) in [6, 6.07) is 11.0. The summed E-state index contributed by atoms with van der Waals surface area (Å²) in [4.78, 5) is 14.2. The van der Waals surface area contributed by atoms with Gasteiger partial charge in [-0.25, -0.2) is 4.39 Å². The monoisotopic (exact) mass is 308 g/mol. The minimum atomic E-state index is -0.319. The molecule has 0 saturated carbocycles. The Morgan fingerprint density at radius 3 is 2.65 bits per heavy atom. The fourth-order valence-corrected chi connectivity index (χ4v) is 2.28. The Hall–Kier alpha value is -3.20. The van der Waals surface area contributed by atoms with E-state index in [2.05, 4.69) is 21.3 Å². The van der Waals surface area contributed by atoms with Gasteiger partial charge in [0.1, 0.15) is 16.9 Å². The third kappa shape index (κ3) is 3.19. The molecule has 0 saturated heterocycles. The Balaban J connectivity index is 1.85. The van der Waals surface area contributed by atoms with Crippen molar-refractivity contribution in [2.45, 2.75) is 6.54 Å². The van der Waals surface area contributed by atoms with Gasteiger partial charge in [0.2, 0.25) is 0 Å². The molecule has 1 amide bonds. The Morgan fingerprint density at radius 1 is 1.17 bits per heavy atom. The van der Waals surface area contributed by atoms with Crippen LogP contribution >= 0.6 is 0 Å². The molecular formula is C17H13FN4O. The van der Waals surface area contributed by atoms with E-state index in [-0.39, 0.29) is 18.3 Å². The number of nitrogens with one attached hydrogen (secondary N) is 1. The number of nitrogens with zero attached hydrogens (tertiary/aromatic N) is 3. The van der Waals surface area contributed by atoms with Crippen molar-refractivity contribution in [3.8, 4) is 12.3 Å². The molecular weight excluding hydrogens is 295 g/mol. The fraction of sp³-hybridized carbons (Fsp3) is 0.118. The molecule has 23 heavy (non-hydrogen) atoms. The number of fused-ring (bicyclic) bond motifs is 1. The first-order chi connectivity index (χ1) is 11.2. The molecule has 1 heterocycles. The molecule has 0 bridgehead atoms. The molecule has 1 N–H and O–H groups in total. The smallest absolute Gasteiger partial charge is 0.255 e. The second-order valence-corrected chi connectivity index (χ2v) is 5.02. The molecule has 6 heteroatoms. The number of hydrogen-bond acceptors (Lipinski definition) is 3. The number of benzene rings is 2. The lowest BCUT2D eigenvalue weighted by Gasteiger charge is -2.20. The highest BCUT2D eigenvalue weighted by Crippen LogP contribution is 2.15. The van der Waals surface area contributed by atoms with Gasteiger partial charge >= 0.3 is 0 Å². The summed E-state index contributed by atoms with van der Waals surface area (Å²) >= 11 is 0. The lowest BCUT2D eigenvalue weighted by molar-refractivity contribution is 0.0766. The number of hydrogen-bond donors (Lipinski definition) is 1. The zero-order valence-corrected chi connectivity index (χ0v) is 12.2. The minimum absolute atomic E-state index is 0.160.